The van der Waals surface area contributed by atoms with Crippen LogP contribution in [0.25, 0.3) is 0 Å². The Kier molecular flexibility index (Phi) is 4.54. The molecule has 1 aromatic rings. The third kappa shape index (κ3) is 4.17. The van der Waals surface area contributed by atoms with Gasteiger partial charge in [-0.05, 0) is 53.8 Å². The molecule has 1 unspecified atom stereocenters. The first-order valence-electron chi connectivity index (χ1n) is 5.69. The predicted octanol–water partition coefficient (Wildman–Crippen LogP) is 3.54. The van der Waals surface area contributed by atoms with Gasteiger partial charge in [-0.15, -0.1) is 0 Å². The van der Waals surface area contributed by atoms with Crippen molar-refractivity contribution < 1.29 is 0 Å². The number of hydrogen-bond acceptors (Lipinski definition) is 3. The molecule has 84 valence electrons. The van der Waals surface area contributed by atoms with Gasteiger partial charge < -0.3 is 5.32 Å². The molecule has 1 saturated carbocycles. The molecule has 2 rings (SSSR count). The maximum absolute atomic E-state index is 3.56. The number of thioether (sulfide) groups is 1. The van der Waals surface area contributed by atoms with Crippen LogP contribution < -0.4 is 5.32 Å². The fraction of sp³-hybridized carbons (Fsp3) is 0.667. The standard InChI is InChI=1S/C12H19NS2/c1-10(12-4-6-14-9-12)13-5-7-15-8-11-2-3-11/h4,6,9-11,13H,2-3,5,7-8H2,1H3. The van der Waals surface area contributed by atoms with E-state index in [9.17, 15) is 0 Å². The molecule has 15 heavy (non-hydrogen) atoms. The Morgan fingerprint density at radius 2 is 2.47 bits per heavy atom. The number of hydrogen-bond donors (Lipinski definition) is 1. The van der Waals surface area contributed by atoms with Crippen LogP contribution in [0.5, 0.6) is 0 Å². The zero-order valence-corrected chi connectivity index (χ0v) is 10.9. The Balaban J connectivity index is 1.53. The van der Waals surface area contributed by atoms with E-state index in [1.165, 1.54) is 29.9 Å². The SMILES string of the molecule is CC(NCCSCC1CC1)c1ccsc1. The van der Waals surface area contributed by atoms with Crippen molar-refractivity contribution in [1.82, 2.24) is 5.32 Å². The van der Waals surface area contributed by atoms with Crippen LogP contribution in [0.2, 0.25) is 0 Å². The zero-order valence-electron chi connectivity index (χ0n) is 9.24. The lowest BCUT2D eigenvalue weighted by molar-refractivity contribution is 0.603. The fourth-order valence-corrected chi connectivity index (χ4v) is 3.37. The van der Waals surface area contributed by atoms with Gasteiger partial charge in [-0.2, -0.15) is 23.1 Å². The fourth-order valence-electron chi connectivity index (χ4n) is 1.52. The molecule has 3 heteroatoms. The highest BCUT2D eigenvalue weighted by Gasteiger charge is 2.20. The first-order chi connectivity index (χ1) is 7.36. The summed E-state index contributed by atoms with van der Waals surface area (Å²) in [6, 6.07) is 2.72. The van der Waals surface area contributed by atoms with Gasteiger partial charge in [-0.25, -0.2) is 0 Å². The lowest BCUT2D eigenvalue weighted by Crippen LogP contribution is -2.21. The summed E-state index contributed by atoms with van der Waals surface area (Å²) in [4.78, 5) is 0. The van der Waals surface area contributed by atoms with Gasteiger partial charge in [-0.3, -0.25) is 0 Å². The minimum atomic E-state index is 0.512. The van der Waals surface area contributed by atoms with Crippen molar-refractivity contribution in [3.8, 4) is 0 Å². The van der Waals surface area contributed by atoms with Crippen molar-refractivity contribution in [1.29, 1.82) is 0 Å². The van der Waals surface area contributed by atoms with Crippen molar-refractivity contribution in [2.24, 2.45) is 5.92 Å². The molecule has 1 fully saturated rings. The van der Waals surface area contributed by atoms with Crippen LogP contribution in [-0.2, 0) is 0 Å². The molecule has 0 radical (unpaired) electrons. The maximum Gasteiger partial charge on any atom is 0.0300 e. The van der Waals surface area contributed by atoms with E-state index in [0.717, 1.165) is 12.5 Å². The van der Waals surface area contributed by atoms with E-state index in [1.54, 1.807) is 11.3 Å². The summed E-state index contributed by atoms with van der Waals surface area (Å²) in [5.41, 5.74) is 1.42. The largest absolute Gasteiger partial charge is 0.309 e. The molecule has 0 bridgehead atoms. The monoisotopic (exact) mass is 241 g/mol. The van der Waals surface area contributed by atoms with Gasteiger partial charge >= 0.3 is 0 Å². The quantitative estimate of drug-likeness (QED) is 0.733. The van der Waals surface area contributed by atoms with Gasteiger partial charge in [0.25, 0.3) is 0 Å². The average Bonchev–Trinajstić information content (AvgIpc) is 2.90. The molecule has 0 aromatic carbocycles. The Morgan fingerprint density at radius 1 is 1.60 bits per heavy atom. The topological polar surface area (TPSA) is 12.0 Å². The molecule has 1 N–H and O–H groups in total. The lowest BCUT2D eigenvalue weighted by atomic mass is 10.2. The highest BCUT2D eigenvalue weighted by Crippen LogP contribution is 2.32. The molecular formula is C12H19NS2. The van der Waals surface area contributed by atoms with Gasteiger partial charge in [0.2, 0.25) is 0 Å². The van der Waals surface area contributed by atoms with Crippen molar-refractivity contribution in [3.63, 3.8) is 0 Å². The van der Waals surface area contributed by atoms with E-state index < -0.39 is 0 Å². The molecule has 1 aromatic heterocycles. The van der Waals surface area contributed by atoms with Gasteiger partial charge in [-0.1, -0.05) is 0 Å². The number of rotatable bonds is 7. The Hall–Kier alpha value is 0.01000. The van der Waals surface area contributed by atoms with Crippen molar-refractivity contribution in [3.05, 3.63) is 22.4 Å². The number of nitrogens with one attached hydrogen (secondary N) is 1. The molecule has 0 aliphatic heterocycles. The molecule has 1 atom stereocenters. The Morgan fingerprint density at radius 3 is 3.13 bits per heavy atom. The highest BCUT2D eigenvalue weighted by atomic mass is 32.2. The minimum Gasteiger partial charge on any atom is -0.309 e. The van der Waals surface area contributed by atoms with Gasteiger partial charge in [0, 0.05) is 18.3 Å². The first kappa shape index (κ1) is 11.5. The van der Waals surface area contributed by atoms with Crippen LogP contribution in [-0.4, -0.2) is 18.1 Å². The van der Waals surface area contributed by atoms with E-state index in [2.05, 4.69) is 40.8 Å². The smallest absolute Gasteiger partial charge is 0.0300 e. The summed E-state index contributed by atoms with van der Waals surface area (Å²) < 4.78 is 0. The molecule has 0 saturated heterocycles. The predicted molar refractivity (Wildman–Crippen MR) is 70.8 cm³/mol. The Labute approximate surface area is 101 Å². The van der Waals surface area contributed by atoms with E-state index in [0.29, 0.717) is 6.04 Å². The maximum atomic E-state index is 3.56. The molecule has 1 aliphatic carbocycles. The van der Waals surface area contributed by atoms with Gasteiger partial charge in [0.05, 0.1) is 0 Å². The Bertz CT molecular complexity index is 267. The second kappa shape index (κ2) is 5.92. The first-order valence-corrected chi connectivity index (χ1v) is 7.79. The summed E-state index contributed by atoms with van der Waals surface area (Å²) in [6.45, 7) is 3.38. The van der Waals surface area contributed by atoms with E-state index in [4.69, 9.17) is 0 Å². The van der Waals surface area contributed by atoms with Crippen LogP contribution in [0.1, 0.15) is 31.4 Å². The highest BCUT2D eigenvalue weighted by molar-refractivity contribution is 7.99. The normalized spacial score (nSPS) is 17.9. The number of thiophene rings is 1. The van der Waals surface area contributed by atoms with Crippen LogP contribution >= 0.6 is 23.1 Å². The molecule has 1 nitrogen and oxygen atoms in total. The summed E-state index contributed by atoms with van der Waals surface area (Å²) in [7, 11) is 0. The molecule has 0 spiro atoms. The molecule has 0 amide bonds. The molecular weight excluding hydrogens is 222 g/mol. The third-order valence-corrected chi connectivity index (χ3v) is 4.69. The van der Waals surface area contributed by atoms with E-state index in [-0.39, 0.29) is 0 Å². The van der Waals surface area contributed by atoms with Crippen LogP contribution in [0.3, 0.4) is 0 Å². The van der Waals surface area contributed by atoms with Crippen LogP contribution in [0.4, 0.5) is 0 Å². The zero-order chi connectivity index (χ0) is 10.5. The van der Waals surface area contributed by atoms with Gasteiger partial charge in [0.1, 0.15) is 0 Å². The second-order valence-corrected chi connectivity index (χ2v) is 6.18. The summed E-state index contributed by atoms with van der Waals surface area (Å²) >= 11 is 3.88. The second-order valence-electron chi connectivity index (χ2n) is 4.25. The molecule has 1 aliphatic rings. The van der Waals surface area contributed by atoms with Crippen molar-refractivity contribution in [2.45, 2.75) is 25.8 Å². The minimum absolute atomic E-state index is 0.512. The summed E-state index contributed by atoms with van der Waals surface area (Å²) in [6.07, 6.45) is 2.96. The summed E-state index contributed by atoms with van der Waals surface area (Å²) in [5.74, 6) is 3.70. The van der Waals surface area contributed by atoms with Crippen molar-refractivity contribution >= 4 is 23.1 Å². The summed E-state index contributed by atoms with van der Waals surface area (Å²) in [5, 5.41) is 7.94. The van der Waals surface area contributed by atoms with Gasteiger partial charge in [0.15, 0.2) is 0 Å². The average molecular weight is 241 g/mol. The molecule has 1 heterocycles. The van der Waals surface area contributed by atoms with Crippen LogP contribution in [0, 0.1) is 5.92 Å². The van der Waals surface area contributed by atoms with Crippen molar-refractivity contribution in [2.75, 3.05) is 18.1 Å². The lowest BCUT2D eigenvalue weighted by Gasteiger charge is -2.11. The van der Waals surface area contributed by atoms with E-state index in [1.807, 2.05) is 0 Å². The third-order valence-electron chi connectivity index (χ3n) is 2.79. The van der Waals surface area contributed by atoms with Crippen LogP contribution in [0.15, 0.2) is 16.8 Å². The van der Waals surface area contributed by atoms with E-state index >= 15 is 0 Å².